The third-order valence-corrected chi connectivity index (χ3v) is 8.20. The van der Waals surface area contributed by atoms with Crippen LogP contribution in [0.15, 0.2) is 24.4 Å². The summed E-state index contributed by atoms with van der Waals surface area (Å²) in [5, 5.41) is 10.7. The summed E-state index contributed by atoms with van der Waals surface area (Å²) < 4.78 is 31.1. The van der Waals surface area contributed by atoms with Gasteiger partial charge in [-0.2, -0.15) is 0 Å². The Bertz CT molecular complexity index is 1460. The second-order valence-corrected chi connectivity index (χ2v) is 10.7. The van der Waals surface area contributed by atoms with Crippen molar-refractivity contribution in [2.75, 3.05) is 49.2 Å². The molecule has 1 saturated heterocycles. The number of piperazine rings is 1. The molecule has 1 aliphatic heterocycles. The molecule has 13 heteroatoms. The van der Waals surface area contributed by atoms with E-state index in [1.807, 2.05) is 25.8 Å². The first-order valence-corrected chi connectivity index (χ1v) is 13.8. The molecule has 41 heavy (non-hydrogen) atoms. The van der Waals surface area contributed by atoms with Crippen molar-refractivity contribution in [3.8, 4) is 5.69 Å². The molecule has 10 nitrogen and oxygen atoms in total. The number of hydrogen-bond donors (Lipinski definition) is 2. The summed E-state index contributed by atoms with van der Waals surface area (Å²) in [6.45, 7) is 11.4. The maximum Gasteiger partial charge on any atom is 0.276 e. The monoisotopic (exact) mass is 588 g/mol. The molecule has 3 N–H and O–H groups in total. The molecule has 220 valence electrons. The van der Waals surface area contributed by atoms with Crippen LogP contribution in [-0.2, 0) is 0 Å². The fraction of sp³-hybridized carbons (Fsp3) is 0.429. The molecule has 2 aromatic carbocycles. The zero-order valence-corrected chi connectivity index (χ0v) is 24.8. The molecule has 0 radical (unpaired) electrons. The predicted molar refractivity (Wildman–Crippen MR) is 156 cm³/mol. The van der Waals surface area contributed by atoms with Crippen LogP contribution >= 0.6 is 11.6 Å². The number of nitrogens with one attached hydrogen (secondary N) is 1. The first kappa shape index (κ1) is 30.2. The average Bonchev–Trinajstić information content (AvgIpc) is 3.43. The lowest BCUT2D eigenvalue weighted by molar-refractivity contribution is 0.0766. The van der Waals surface area contributed by atoms with E-state index in [2.05, 4.69) is 34.4 Å². The van der Waals surface area contributed by atoms with Gasteiger partial charge in [-0.1, -0.05) is 16.8 Å². The highest BCUT2D eigenvalue weighted by Crippen LogP contribution is 2.35. The fourth-order valence-electron chi connectivity index (χ4n) is 4.99. The van der Waals surface area contributed by atoms with Crippen LogP contribution in [0.1, 0.15) is 54.1 Å². The summed E-state index contributed by atoms with van der Waals surface area (Å²) in [4.78, 5) is 32.0. The first-order valence-electron chi connectivity index (χ1n) is 13.5. The molecule has 4 rings (SSSR count). The van der Waals surface area contributed by atoms with Crippen molar-refractivity contribution in [1.29, 1.82) is 0 Å². The number of aromatic nitrogens is 3. The van der Waals surface area contributed by atoms with Gasteiger partial charge in [0.15, 0.2) is 17.3 Å². The van der Waals surface area contributed by atoms with Crippen LogP contribution < -0.4 is 16.0 Å². The van der Waals surface area contributed by atoms with E-state index >= 15 is 4.39 Å². The number of amides is 2. The van der Waals surface area contributed by atoms with Gasteiger partial charge in [-0.25, -0.2) is 13.5 Å². The summed E-state index contributed by atoms with van der Waals surface area (Å²) >= 11 is 6.32. The zero-order valence-electron chi connectivity index (χ0n) is 24.0. The minimum Gasteiger partial charge on any atom is -0.396 e. The Balaban J connectivity index is 1.79. The Kier molecular flexibility index (Phi) is 8.83. The molecule has 3 aromatic rings. The second-order valence-electron chi connectivity index (χ2n) is 10.3. The first-order chi connectivity index (χ1) is 19.4. The summed E-state index contributed by atoms with van der Waals surface area (Å²) in [6.07, 6.45) is 1.35. The number of hydrogen-bond acceptors (Lipinski definition) is 7. The molecule has 0 spiro atoms. The number of likely N-dealkylation sites (N-methyl/N-ethyl adjacent to an activating group) is 1. The number of carbonyl (C=O) groups excluding carboxylic acids is 2. The van der Waals surface area contributed by atoms with Crippen LogP contribution in [0.25, 0.3) is 5.69 Å². The smallest absolute Gasteiger partial charge is 0.276 e. The van der Waals surface area contributed by atoms with Gasteiger partial charge in [0.05, 0.1) is 33.8 Å². The van der Waals surface area contributed by atoms with Gasteiger partial charge in [0.2, 0.25) is 0 Å². The van der Waals surface area contributed by atoms with Crippen molar-refractivity contribution in [2.24, 2.45) is 0 Å². The molecule has 0 unspecified atom stereocenters. The minimum atomic E-state index is -0.696. The van der Waals surface area contributed by atoms with Crippen molar-refractivity contribution in [3.05, 3.63) is 57.9 Å². The maximum absolute atomic E-state index is 15.7. The number of nitrogens with two attached hydrogens (primary N) is 1. The van der Waals surface area contributed by atoms with Crippen molar-refractivity contribution < 1.29 is 18.4 Å². The van der Waals surface area contributed by atoms with Gasteiger partial charge in [-0.15, -0.1) is 5.10 Å². The van der Waals surface area contributed by atoms with Crippen molar-refractivity contribution in [3.63, 3.8) is 0 Å². The van der Waals surface area contributed by atoms with E-state index in [1.54, 1.807) is 4.90 Å². The Morgan fingerprint density at radius 1 is 1.12 bits per heavy atom. The Morgan fingerprint density at radius 3 is 2.37 bits per heavy atom. The molecule has 0 bridgehead atoms. The number of carbonyl (C=O) groups is 2. The normalized spacial score (nSPS) is 17.5. The van der Waals surface area contributed by atoms with Gasteiger partial charge < -0.3 is 20.9 Å². The second kappa shape index (κ2) is 12.0. The van der Waals surface area contributed by atoms with E-state index in [1.165, 1.54) is 31.3 Å². The van der Waals surface area contributed by atoms with Gasteiger partial charge in [0.25, 0.3) is 11.8 Å². The molecular weight excluding hydrogens is 554 g/mol. The van der Waals surface area contributed by atoms with Crippen LogP contribution in [0.2, 0.25) is 5.02 Å². The lowest BCUT2D eigenvalue weighted by Crippen LogP contribution is -2.55. The molecule has 0 saturated carbocycles. The highest BCUT2D eigenvalue weighted by atomic mass is 35.5. The number of nitrogen functional groups attached to an aromatic ring is 1. The Morgan fingerprint density at radius 2 is 1.76 bits per heavy atom. The van der Waals surface area contributed by atoms with Crippen LogP contribution in [0, 0.1) is 18.6 Å². The topological polar surface area (TPSA) is 113 Å². The van der Waals surface area contributed by atoms with E-state index in [0.29, 0.717) is 31.9 Å². The Labute approximate surface area is 243 Å². The fourth-order valence-corrected chi connectivity index (χ4v) is 5.22. The van der Waals surface area contributed by atoms with E-state index in [4.69, 9.17) is 17.3 Å². The lowest BCUT2D eigenvalue weighted by atomic mass is 10.1. The molecule has 1 fully saturated rings. The SMILES string of the molecule is CCN(CC)C(=O)c1cn(-c2cc(NC(=O)c3cc(N)c(F)c(C)c3Cl)c(N3C[C@@H](C)N(C)[C@@H](C)C3)cc2F)nn1. The Hall–Kier alpha value is -3.77. The van der Waals surface area contributed by atoms with Crippen molar-refractivity contribution >= 4 is 40.5 Å². The van der Waals surface area contributed by atoms with E-state index < -0.39 is 17.5 Å². The van der Waals surface area contributed by atoms with Crippen LogP contribution in [0.3, 0.4) is 0 Å². The summed E-state index contributed by atoms with van der Waals surface area (Å²) in [7, 11) is 2.03. The number of nitrogens with zero attached hydrogens (tertiary/aromatic N) is 6. The highest BCUT2D eigenvalue weighted by Gasteiger charge is 2.30. The number of anilines is 3. The molecule has 2 heterocycles. The van der Waals surface area contributed by atoms with E-state index in [-0.39, 0.29) is 56.9 Å². The van der Waals surface area contributed by atoms with Crippen LogP contribution in [-0.4, -0.2) is 81.9 Å². The average molecular weight is 589 g/mol. The van der Waals surface area contributed by atoms with E-state index in [0.717, 1.165) is 4.68 Å². The van der Waals surface area contributed by atoms with Gasteiger partial charge in [-0.3, -0.25) is 14.5 Å². The third-order valence-electron chi connectivity index (χ3n) is 7.72. The third kappa shape index (κ3) is 5.84. The zero-order chi connectivity index (χ0) is 30.2. The highest BCUT2D eigenvalue weighted by molar-refractivity contribution is 6.35. The quantitative estimate of drug-likeness (QED) is 0.395. The minimum absolute atomic E-state index is 0.0205. The molecule has 1 aliphatic rings. The van der Waals surface area contributed by atoms with Crippen LogP contribution in [0.5, 0.6) is 0 Å². The summed E-state index contributed by atoms with van der Waals surface area (Å²) in [5.41, 5.74) is 6.36. The predicted octanol–water partition coefficient (Wildman–Crippen LogP) is 4.35. The van der Waals surface area contributed by atoms with Gasteiger partial charge in [-0.05, 0) is 53.8 Å². The van der Waals surface area contributed by atoms with E-state index in [9.17, 15) is 14.0 Å². The van der Waals surface area contributed by atoms with Crippen molar-refractivity contribution in [1.82, 2.24) is 24.8 Å². The molecule has 2 atom stereocenters. The summed E-state index contributed by atoms with van der Waals surface area (Å²) in [6, 6.07) is 4.25. The standard InChI is InChI=1S/C28H35ClF2N8O2/c1-7-37(8-2)28(41)22-14-39(35-34-22)23-11-21(33-27(40)18-9-20(32)26(31)17(5)25(18)29)24(10-19(23)30)38-12-15(3)36(6)16(4)13-38/h9-11,14-16H,7-8,12-13,32H2,1-6H3,(H,33,40)/t15-,16+. The molecule has 1 aromatic heterocycles. The maximum atomic E-state index is 15.7. The largest absolute Gasteiger partial charge is 0.396 e. The van der Waals surface area contributed by atoms with Gasteiger partial charge in [0.1, 0.15) is 5.69 Å². The molecular formula is C28H35ClF2N8O2. The molecule has 2 amide bonds. The number of benzene rings is 2. The van der Waals surface area contributed by atoms with Crippen molar-refractivity contribution in [2.45, 2.75) is 46.7 Å². The van der Waals surface area contributed by atoms with Crippen LogP contribution in [0.4, 0.5) is 25.8 Å². The molecule has 0 aliphatic carbocycles. The van der Waals surface area contributed by atoms with Gasteiger partial charge >= 0.3 is 0 Å². The van der Waals surface area contributed by atoms with Gasteiger partial charge in [0, 0.05) is 49.9 Å². The number of rotatable bonds is 7. The lowest BCUT2D eigenvalue weighted by Gasteiger charge is -2.44. The summed E-state index contributed by atoms with van der Waals surface area (Å²) in [5.74, 6) is -2.29. The number of halogens is 3.